The van der Waals surface area contributed by atoms with Crippen LogP contribution in [0.15, 0.2) is 30.3 Å². The molecule has 0 radical (unpaired) electrons. The largest absolute Gasteiger partial charge is 0.294 e. The van der Waals surface area contributed by atoms with Crippen LogP contribution in [0.25, 0.3) is 0 Å². The monoisotopic (exact) mass is 254 g/mol. The maximum Gasteiger partial charge on any atom is 0.162 e. The van der Waals surface area contributed by atoms with Gasteiger partial charge in [-0.25, -0.2) is 0 Å². The summed E-state index contributed by atoms with van der Waals surface area (Å²) in [5.41, 5.74) is 0.823. The average molecular weight is 255 g/mol. The Morgan fingerprint density at radius 2 is 2.00 bits per heavy atom. The lowest BCUT2D eigenvalue weighted by Crippen LogP contribution is -2.03. The van der Waals surface area contributed by atoms with E-state index in [4.69, 9.17) is 0 Å². The normalized spacial score (nSPS) is 12.4. The van der Waals surface area contributed by atoms with E-state index < -0.39 is 0 Å². The first-order valence-corrected chi connectivity index (χ1v) is 5.88. The summed E-state index contributed by atoms with van der Waals surface area (Å²) in [5, 5.41) is 0. The third kappa shape index (κ3) is 3.62. The van der Waals surface area contributed by atoms with Crippen molar-refractivity contribution in [1.82, 2.24) is 0 Å². The van der Waals surface area contributed by atoms with Gasteiger partial charge in [-0.1, -0.05) is 53.2 Å². The summed E-state index contributed by atoms with van der Waals surface area (Å²) in [4.78, 5) is 12.1. The number of carbonyl (C=O) groups excluding carboxylic acids is 1. The third-order valence-corrected chi connectivity index (χ3v) is 3.33. The molecule has 14 heavy (non-hydrogen) atoms. The Kier molecular flexibility index (Phi) is 4.88. The molecule has 0 spiro atoms. The number of benzene rings is 1. The molecule has 0 heterocycles. The fourth-order valence-corrected chi connectivity index (χ4v) is 1.49. The van der Waals surface area contributed by atoms with Gasteiger partial charge in [-0.2, -0.15) is 0 Å². The SMILES string of the molecule is CC[C@@H](Br)CCC(=O)c1ccccc1. The summed E-state index contributed by atoms with van der Waals surface area (Å²) in [6.07, 6.45) is 2.63. The molecule has 76 valence electrons. The predicted molar refractivity (Wildman–Crippen MR) is 63.0 cm³/mol. The topological polar surface area (TPSA) is 17.1 Å². The van der Waals surface area contributed by atoms with Crippen molar-refractivity contribution >= 4 is 21.7 Å². The first kappa shape index (κ1) is 11.4. The minimum Gasteiger partial charge on any atom is -0.294 e. The predicted octanol–water partition coefficient (Wildman–Crippen LogP) is 3.82. The van der Waals surface area contributed by atoms with Gasteiger partial charge in [-0.05, 0) is 12.8 Å². The van der Waals surface area contributed by atoms with Gasteiger partial charge in [0, 0.05) is 16.8 Å². The molecule has 2 heteroatoms. The van der Waals surface area contributed by atoms with Gasteiger partial charge in [0.05, 0.1) is 0 Å². The summed E-state index contributed by atoms with van der Waals surface area (Å²) < 4.78 is 0. The fourth-order valence-electron chi connectivity index (χ4n) is 1.26. The third-order valence-electron chi connectivity index (χ3n) is 2.22. The molecule has 0 aromatic heterocycles. The minimum absolute atomic E-state index is 0.239. The van der Waals surface area contributed by atoms with Crippen molar-refractivity contribution in [2.75, 3.05) is 0 Å². The van der Waals surface area contributed by atoms with Crippen molar-refractivity contribution in [2.24, 2.45) is 0 Å². The first-order valence-electron chi connectivity index (χ1n) is 4.96. The van der Waals surface area contributed by atoms with Crippen LogP contribution in [0, 0.1) is 0 Å². The Morgan fingerprint density at radius 3 is 2.57 bits per heavy atom. The second-order valence-corrected chi connectivity index (χ2v) is 4.63. The van der Waals surface area contributed by atoms with Crippen molar-refractivity contribution in [1.29, 1.82) is 0 Å². The van der Waals surface area contributed by atoms with Gasteiger partial charge in [0.1, 0.15) is 0 Å². The van der Waals surface area contributed by atoms with Crippen LogP contribution in [0.3, 0.4) is 0 Å². The van der Waals surface area contributed by atoms with Crippen molar-refractivity contribution in [3.05, 3.63) is 35.9 Å². The van der Waals surface area contributed by atoms with E-state index in [0.717, 1.165) is 18.4 Å². The van der Waals surface area contributed by atoms with Crippen LogP contribution in [0.4, 0.5) is 0 Å². The Bertz CT molecular complexity index is 282. The van der Waals surface area contributed by atoms with Crippen molar-refractivity contribution < 1.29 is 4.79 Å². The lowest BCUT2D eigenvalue weighted by molar-refractivity contribution is 0.0980. The minimum atomic E-state index is 0.239. The second-order valence-electron chi connectivity index (χ2n) is 3.33. The molecule has 0 aliphatic rings. The van der Waals surface area contributed by atoms with E-state index in [1.807, 2.05) is 30.3 Å². The van der Waals surface area contributed by atoms with Crippen LogP contribution in [-0.2, 0) is 0 Å². The van der Waals surface area contributed by atoms with Crippen LogP contribution >= 0.6 is 15.9 Å². The zero-order valence-corrected chi connectivity index (χ0v) is 9.96. The van der Waals surface area contributed by atoms with Crippen LogP contribution in [0.1, 0.15) is 36.5 Å². The van der Waals surface area contributed by atoms with E-state index in [1.165, 1.54) is 0 Å². The van der Waals surface area contributed by atoms with Crippen molar-refractivity contribution in [3.63, 3.8) is 0 Å². The molecule has 1 nitrogen and oxygen atoms in total. The number of halogens is 1. The van der Waals surface area contributed by atoms with Gasteiger partial charge in [-0.3, -0.25) is 4.79 Å². The van der Waals surface area contributed by atoms with Gasteiger partial charge >= 0.3 is 0 Å². The summed E-state index contributed by atoms with van der Waals surface area (Å²) in [6, 6.07) is 9.47. The summed E-state index contributed by atoms with van der Waals surface area (Å²) in [6.45, 7) is 2.12. The van der Waals surface area contributed by atoms with Gasteiger partial charge in [-0.15, -0.1) is 0 Å². The molecule has 0 saturated heterocycles. The highest BCUT2D eigenvalue weighted by Crippen LogP contribution is 2.14. The lowest BCUT2D eigenvalue weighted by Gasteiger charge is -2.05. The number of Topliss-reactive ketones (excluding diaryl/α,β-unsaturated/α-hetero) is 1. The summed E-state index contributed by atoms with van der Waals surface area (Å²) in [5.74, 6) is 0.239. The molecule has 0 saturated carbocycles. The summed E-state index contributed by atoms with van der Waals surface area (Å²) >= 11 is 3.53. The van der Waals surface area contributed by atoms with Gasteiger partial charge in [0.15, 0.2) is 5.78 Å². The molecule has 1 aromatic carbocycles. The number of alkyl halides is 1. The van der Waals surface area contributed by atoms with Gasteiger partial charge < -0.3 is 0 Å². The van der Waals surface area contributed by atoms with Gasteiger partial charge in [0.2, 0.25) is 0 Å². The Balaban J connectivity index is 2.44. The number of hydrogen-bond acceptors (Lipinski definition) is 1. The average Bonchev–Trinajstić information content (AvgIpc) is 2.26. The van der Waals surface area contributed by atoms with E-state index in [9.17, 15) is 4.79 Å². The molecule has 0 amide bonds. The summed E-state index contributed by atoms with van der Waals surface area (Å²) in [7, 11) is 0. The molecule has 0 bridgehead atoms. The van der Waals surface area contributed by atoms with Crippen molar-refractivity contribution in [2.45, 2.75) is 31.0 Å². The van der Waals surface area contributed by atoms with E-state index >= 15 is 0 Å². The Morgan fingerprint density at radius 1 is 1.36 bits per heavy atom. The van der Waals surface area contributed by atoms with E-state index in [0.29, 0.717) is 11.2 Å². The molecule has 0 aliphatic heterocycles. The number of hydrogen-bond donors (Lipinski definition) is 0. The van der Waals surface area contributed by atoms with E-state index in [1.54, 1.807) is 0 Å². The van der Waals surface area contributed by atoms with E-state index in [-0.39, 0.29) is 5.78 Å². The Labute approximate surface area is 93.7 Å². The first-order chi connectivity index (χ1) is 6.74. The zero-order valence-electron chi connectivity index (χ0n) is 8.37. The van der Waals surface area contributed by atoms with Crippen LogP contribution in [0.2, 0.25) is 0 Å². The molecule has 1 rings (SSSR count). The quantitative estimate of drug-likeness (QED) is 0.577. The smallest absolute Gasteiger partial charge is 0.162 e. The molecule has 0 unspecified atom stereocenters. The molecular weight excluding hydrogens is 240 g/mol. The number of carbonyl (C=O) groups is 1. The van der Waals surface area contributed by atoms with Crippen LogP contribution in [0.5, 0.6) is 0 Å². The highest BCUT2D eigenvalue weighted by molar-refractivity contribution is 9.09. The number of ketones is 1. The number of rotatable bonds is 5. The fraction of sp³-hybridized carbons (Fsp3) is 0.417. The zero-order chi connectivity index (χ0) is 10.4. The lowest BCUT2D eigenvalue weighted by atomic mass is 10.1. The molecule has 0 N–H and O–H groups in total. The second kappa shape index (κ2) is 5.97. The molecule has 0 aliphatic carbocycles. The molecule has 1 aromatic rings. The van der Waals surface area contributed by atoms with Crippen LogP contribution in [-0.4, -0.2) is 10.6 Å². The maximum atomic E-state index is 11.6. The van der Waals surface area contributed by atoms with E-state index in [2.05, 4.69) is 22.9 Å². The molecule has 1 atom stereocenters. The highest BCUT2D eigenvalue weighted by Gasteiger charge is 2.07. The maximum absolute atomic E-state index is 11.6. The van der Waals surface area contributed by atoms with Crippen LogP contribution < -0.4 is 0 Å². The van der Waals surface area contributed by atoms with Crippen molar-refractivity contribution in [3.8, 4) is 0 Å². The standard InChI is InChI=1S/C12H15BrO/c1-2-11(13)8-9-12(14)10-6-4-3-5-7-10/h3-7,11H,2,8-9H2,1H3/t11-/m1/s1. The van der Waals surface area contributed by atoms with Gasteiger partial charge in [0.25, 0.3) is 0 Å². The molecular formula is C12H15BrO. The highest BCUT2D eigenvalue weighted by atomic mass is 79.9. The molecule has 0 fully saturated rings. The Hall–Kier alpha value is -0.630.